The summed E-state index contributed by atoms with van der Waals surface area (Å²) in [5.41, 5.74) is 6.48. The highest BCUT2D eigenvalue weighted by atomic mass is 16.5. The molecular weight excluding hydrogens is 482 g/mol. The Bertz CT molecular complexity index is 1380. The van der Waals surface area contributed by atoms with E-state index >= 15 is 0 Å². The van der Waals surface area contributed by atoms with Crippen LogP contribution in [0.5, 0.6) is 5.75 Å². The number of ether oxygens (including phenoxy) is 2. The average Bonchev–Trinajstić information content (AvgIpc) is 2.93. The van der Waals surface area contributed by atoms with E-state index in [0.717, 1.165) is 47.9 Å². The third kappa shape index (κ3) is 5.85. The zero-order valence-corrected chi connectivity index (χ0v) is 22.0. The lowest BCUT2D eigenvalue weighted by atomic mass is 9.79. The molecule has 2 aliphatic rings. The van der Waals surface area contributed by atoms with Crippen molar-refractivity contribution < 1.29 is 23.5 Å². The van der Waals surface area contributed by atoms with Crippen molar-refractivity contribution >= 4 is 23.0 Å². The van der Waals surface area contributed by atoms with Gasteiger partial charge in [0, 0.05) is 17.5 Å². The normalized spacial score (nSPS) is 17.4. The Morgan fingerprint density at radius 3 is 2.63 bits per heavy atom. The topological polar surface area (TPSA) is 102 Å². The van der Waals surface area contributed by atoms with Gasteiger partial charge >= 0.3 is 6.09 Å². The van der Waals surface area contributed by atoms with Crippen LogP contribution >= 0.6 is 0 Å². The van der Waals surface area contributed by atoms with E-state index in [1.165, 1.54) is 24.8 Å². The van der Waals surface area contributed by atoms with Crippen LogP contribution in [0.3, 0.4) is 0 Å². The molecule has 1 atom stereocenters. The minimum Gasteiger partial charge on any atom is -0.487 e. The van der Waals surface area contributed by atoms with E-state index in [0.29, 0.717) is 12.0 Å². The molecule has 38 heavy (non-hydrogen) atoms. The number of aryl methyl sites for hydroxylation is 2. The van der Waals surface area contributed by atoms with Crippen molar-refractivity contribution in [3.05, 3.63) is 70.8 Å². The van der Waals surface area contributed by atoms with Gasteiger partial charge in [-0.1, -0.05) is 43.7 Å². The van der Waals surface area contributed by atoms with Gasteiger partial charge in [-0.25, -0.2) is 10.2 Å². The van der Waals surface area contributed by atoms with Crippen LogP contribution in [-0.4, -0.2) is 23.6 Å². The fraction of sp³-hybridized carbons (Fsp3) is 0.433. The third-order valence-corrected chi connectivity index (χ3v) is 7.59. The molecule has 1 fully saturated rings. The molecule has 1 unspecified atom stereocenters. The van der Waals surface area contributed by atoms with Gasteiger partial charge in [0.25, 0.3) is 5.91 Å². The molecule has 2 aromatic carbocycles. The molecule has 8 heteroatoms. The Labute approximate surface area is 222 Å². The number of nitrogens with zero attached hydrogens (tertiary/aromatic N) is 1. The van der Waals surface area contributed by atoms with Crippen molar-refractivity contribution in [2.24, 2.45) is 5.10 Å². The number of fused-ring (bicyclic) bond motifs is 2. The Kier molecular flexibility index (Phi) is 7.67. The van der Waals surface area contributed by atoms with Gasteiger partial charge in [-0.15, -0.1) is 5.10 Å². The third-order valence-electron chi connectivity index (χ3n) is 7.59. The van der Waals surface area contributed by atoms with E-state index in [1.54, 1.807) is 13.0 Å². The lowest BCUT2D eigenvalue weighted by Gasteiger charge is -2.41. The number of rotatable bonds is 6. The predicted molar refractivity (Wildman–Crippen MR) is 143 cm³/mol. The number of benzene rings is 2. The maximum absolute atomic E-state index is 12.7. The van der Waals surface area contributed by atoms with E-state index in [1.807, 2.05) is 43.3 Å². The summed E-state index contributed by atoms with van der Waals surface area (Å²) in [6, 6.07) is 14.5. The van der Waals surface area contributed by atoms with Crippen molar-refractivity contribution in [2.45, 2.75) is 83.5 Å². The second-order valence-corrected chi connectivity index (χ2v) is 10.3. The number of alkyl carbamates (subject to hydrolysis) is 1. The molecule has 2 N–H and O–H groups in total. The van der Waals surface area contributed by atoms with Gasteiger partial charge in [0.05, 0.1) is 0 Å². The summed E-state index contributed by atoms with van der Waals surface area (Å²) in [5, 5.41) is 7.79. The van der Waals surface area contributed by atoms with Gasteiger partial charge in [0.2, 0.25) is 5.55 Å². The molecule has 8 nitrogen and oxygen atoms in total. The summed E-state index contributed by atoms with van der Waals surface area (Å²) in [4.78, 5) is 24.9. The lowest BCUT2D eigenvalue weighted by molar-refractivity contribution is -0.123. The average molecular weight is 518 g/mol. The van der Waals surface area contributed by atoms with Crippen LogP contribution in [0, 0.1) is 6.92 Å². The number of carbonyl (C=O) groups excluding carboxylic acids is 2. The van der Waals surface area contributed by atoms with Crippen molar-refractivity contribution in [3.63, 3.8) is 0 Å². The van der Waals surface area contributed by atoms with Gasteiger partial charge in [-0.05, 0) is 74.6 Å². The predicted octanol–water partition coefficient (Wildman–Crippen LogP) is 5.41. The molecule has 1 spiro atoms. The highest BCUT2D eigenvalue weighted by molar-refractivity contribution is 5.85. The number of carbonyl (C=O) groups is 2. The van der Waals surface area contributed by atoms with Crippen LogP contribution in [0.2, 0.25) is 0 Å². The van der Waals surface area contributed by atoms with Crippen LogP contribution in [0.15, 0.2) is 58.0 Å². The van der Waals surface area contributed by atoms with Crippen molar-refractivity contribution in [3.8, 4) is 5.75 Å². The monoisotopic (exact) mass is 517 g/mol. The number of hydrogen-bond donors (Lipinski definition) is 2. The minimum atomic E-state index is -0.796. The first-order chi connectivity index (χ1) is 18.4. The summed E-state index contributed by atoms with van der Waals surface area (Å²) >= 11 is 0. The van der Waals surface area contributed by atoms with Crippen molar-refractivity contribution in [2.75, 3.05) is 0 Å². The van der Waals surface area contributed by atoms with Gasteiger partial charge in [0.1, 0.15) is 29.6 Å². The molecule has 1 saturated carbocycles. The van der Waals surface area contributed by atoms with E-state index < -0.39 is 18.0 Å². The molecule has 5 rings (SSSR count). The van der Waals surface area contributed by atoms with Crippen LogP contribution < -0.4 is 21.0 Å². The molecule has 0 radical (unpaired) electrons. The quantitative estimate of drug-likeness (QED) is 0.426. The van der Waals surface area contributed by atoms with Crippen molar-refractivity contribution in [1.29, 1.82) is 0 Å². The summed E-state index contributed by atoms with van der Waals surface area (Å²) in [7, 11) is 0. The van der Waals surface area contributed by atoms with E-state index in [2.05, 4.69) is 21.9 Å². The molecular formula is C30H35N3O5. The number of nitrogens with one attached hydrogen (secondary N) is 2. The van der Waals surface area contributed by atoms with E-state index in [9.17, 15) is 9.59 Å². The maximum atomic E-state index is 12.7. The van der Waals surface area contributed by atoms with Gasteiger partial charge in [-0.3, -0.25) is 4.79 Å². The first-order valence-electron chi connectivity index (χ1n) is 13.5. The van der Waals surface area contributed by atoms with Gasteiger partial charge < -0.3 is 19.2 Å². The molecule has 0 bridgehead atoms. The fourth-order valence-electron chi connectivity index (χ4n) is 5.39. The van der Waals surface area contributed by atoms with Crippen LogP contribution in [-0.2, 0) is 22.6 Å². The second-order valence-electron chi connectivity index (χ2n) is 10.3. The maximum Gasteiger partial charge on any atom is 0.408 e. The molecule has 2 amide bonds. The Morgan fingerprint density at radius 1 is 1.08 bits per heavy atom. The molecule has 200 valence electrons. The summed E-state index contributed by atoms with van der Waals surface area (Å²) < 4.78 is 17.8. The standard InChI is InChI=1S/C30H35N3O5/c1-3-24(31-29(35)36-19-21-10-6-4-7-11-21)28(34)33-32-27-16-20(2)23-17-22-12-15-30(13-8-5-9-14-30)38-25(22)18-26(23)37-27/h4,6-7,10-11,16-18,24H,3,5,8-9,12-15,19H2,1-2H3,(H,31,35)(H,33,34)/b32-27+. The molecule has 1 aromatic heterocycles. The fourth-order valence-corrected chi connectivity index (χ4v) is 5.39. The summed E-state index contributed by atoms with van der Waals surface area (Å²) in [6.07, 6.45) is 7.71. The van der Waals surface area contributed by atoms with E-state index in [-0.39, 0.29) is 17.8 Å². The zero-order chi connectivity index (χ0) is 26.5. The smallest absolute Gasteiger partial charge is 0.408 e. The highest BCUT2D eigenvalue weighted by Gasteiger charge is 2.37. The van der Waals surface area contributed by atoms with Crippen molar-refractivity contribution in [1.82, 2.24) is 10.7 Å². The van der Waals surface area contributed by atoms with Gasteiger partial charge in [-0.2, -0.15) is 0 Å². The second kappa shape index (κ2) is 11.3. The molecule has 2 heterocycles. The van der Waals surface area contributed by atoms with Crippen LogP contribution in [0.25, 0.3) is 11.0 Å². The van der Waals surface area contributed by atoms with Crippen LogP contribution in [0.4, 0.5) is 4.79 Å². The molecule has 3 aromatic rings. The van der Waals surface area contributed by atoms with E-state index in [4.69, 9.17) is 13.9 Å². The molecule has 1 aliphatic heterocycles. The Hall–Kier alpha value is -3.81. The molecule has 0 saturated heterocycles. The summed E-state index contributed by atoms with van der Waals surface area (Å²) in [6.45, 7) is 3.92. The number of amides is 2. The summed E-state index contributed by atoms with van der Waals surface area (Å²) in [5.74, 6) is 0.435. The Morgan fingerprint density at radius 2 is 1.87 bits per heavy atom. The van der Waals surface area contributed by atoms with Gasteiger partial charge in [0.15, 0.2) is 0 Å². The lowest BCUT2D eigenvalue weighted by Crippen LogP contribution is -2.45. The zero-order valence-electron chi connectivity index (χ0n) is 22.0. The largest absolute Gasteiger partial charge is 0.487 e. The Balaban J connectivity index is 1.27. The van der Waals surface area contributed by atoms with Crippen LogP contribution in [0.1, 0.15) is 68.6 Å². The first-order valence-corrected chi connectivity index (χ1v) is 13.5. The minimum absolute atomic E-state index is 0.0473. The highest BCUT2D eigenvalue weighted by Crippen LogP contribution is 2.43. The number of hydrogen-bond acceptors (Lipinski definition) is 6. The molecule has 1 aliphatic carbocycles. The first kappa shape index (κ1) is 25.8. The SMILES string of the molecule is CCC(NC(=O)OCc1ccccc1)C(=O)N/N=c1\cc(C)c2cc3c(cc2o1)OC1(CCCCC1)CC3.